The van der Waals surface area contributed by atoms with Gasteiger partial charge in [-0.3, -0.25) is 14.4 Å². The first-order valence-corrected chi connectivity index (χ1v) is 13.2. The fourth-order valence-corrected chi connectivity index (χ4v) is 4.78. The molecule has 2 aliphatic rings. The predicted molar refractivity (Wildman–Crippen MR) is 147 cm³/mol. The molecule has 2 aromatic rings. The van der Waals surface area contributed by atoms with E-state index in [-0.39, 0.29) is 25.0 Å². The van der Waals surface area contributed by atoms with Crippen LogP contribution in [0.2, 0.25) is 0 Å². The number of rotatable bonds is 9. The number of nitrogens with one attached hydrogen (secondary N) is 1. The summed E-state index contributed by atoms with van der Waals surface area (Å²) in [7, 11) is 1.65. The standard InChI is InChI=1S/C27H33N5O4.C2H6/c1-19(28)24(33)29-22(17-36-16-21-11-7-4-8-12-21)25(34)32-14-13-23-27(18-32,26(35)31(2)30-23)15-20-9-5-3-6-10-20;1-2/h3-12,19,22H,13-18,28H2,1-2H3,(H,29,33);1-2H3/t19?,22-,27+;/m1./s1. The highest BCUT2D eigenvalue weighted by molar-refractivity contribution is 6.13. The second-order valence-corrected chi connectivity index (χ2v) is 9.48. The van der Waals surface area contributed by atoms with Crippen molar-refractivity contribution in [2.24, 2.45) is 16.3 Å². The largest absolute Gasteiger partial charge is 0.374 e. The molecule has 3 amide bonds. The van der Waals surface area contributed by atoms with Crippen molar-refractivity contribution in [3.63, 3.8) is 0 Å². The summed E-state index contributed by atoms with van der Waals surface area (Å²) in [5.74, 6) is -0.868. The first kappa shape index (κ1) is 29.0. The van der Waals surface area contributed by atoms with E-state index in [0.717, 1.165) is 16.8 Å². The second kappa shape index (κ2) is 13.3. The predicted octanol–water partition coefficient (Wildman–Crippen LogP) is 2.35. The van der Waals surface area contributed by atoms with Gasteiger partial charge in [0.15, 0.2) is 0 Å². The quantitative estimate of drug-likeness (QED) is 0.525. The summed E-state index contributed by atoms with van der Waals surface area (Å²) >= 11 is 0. The Morgan fingerprint density at radius 3 is 2.29 bits per heavy atom. The second-order valence-electron chi connectivity index (χ2n) is 9.48. The minimum atomic E-state index is -0.926. The van der Waals surface area contributed by atoms with Crippen LogP contribution in [0.5, 0.6) is 0 Å². The van der Waals surface area contributed by atoms with Crippen LogP contribution >= 0.6 is 0 Å². The lowest BCUT2D eigenvalue weighted by molar-refractivity contribution is -0.143. The van der Waals surface area contributed by atoms with Crippen LogP contribution in [0.25, 0.3) is 0 Å². The molecule has 2 aromatic carbocycles. The van der Waals surface area contributed by atoms with Gasteiger partial charge < -0.3 is 20.7 Å². The number of amides is 3. The lowest BCUT2D eigenvalue weighted by Crippen LogP contribution is -2.60. The molecule has 204 valence electrons. The number of carbonyl (C=O) groups is 3. The van der Waals surface area contributed by atoms with Crippen molar-refractivity contribution in [1.29, 1.82) is 0 Å². The Morgan fingerprint density at radius 1 is 1.08 bits per heavy atom. The SMILES string of the molecule is CC.CC(N)C(=O)N[C@H](COCc1ccccc1)C(=O)N1CCC2=NN(C)C(=O)[C@@]2(Cc2ccccc2)C1. The number of nitrogens with zero attached hydrogens (tertiary/aromatic N) is 3. The van der Waals surface area contributed by atoms with E-state index in [1.54, 1.807) is 18.9 Å². The molecule has 0 bridgehead atoms. The zero-order chi connectivity index (χ0) is 27.7. The average molecular weight is 522 g/mol. The number of carbonyl (C=O) groups excluding carboxylic acids is 3. The van der Waals surface area contributed by atoms with Gasteiger partial charge >= 0.3 is 0 Å². The molecule has 9 heteroatoms. The number of ether oxygens (including phenoxy) is 1. The Kier molecular flexibility index (Phi) is 10.2. The number of nitrogens with two attached hydrogens (primary N) is 1. The molecular formula is C29H39N5O4. The molecule has 1 fully saturated rings. The van der Waals surface area contributed by atoms with Gasteiger partial charge in [-0.05, 0) is 24.5 Å². The van der Waals surface area contributed by atoms with Crippen molar-refractivity contribution in [2.75, 3.05) is 26.7 Å². The van der Waals surface area contributed by atoms with E-state index in [0.29, 0.717) is 26.0 Å². The highest BCUT2D eigenvalue weighted by Crippen LogP contribution is 2.38. The third kappa shape index (κ3) is 6.65. The number of likely N-dealkylation sites (tertiary alicyclic amines) is 1. The van der Waals surface area contributed by atoms with Crippen molar-refractivity contribution >= 4 is 23.4 Å². The molecule has 38 heavy (non-hydrogen) atoms. The topological polar surface area (TPSA) is 117 Å². The zero-order valence-corrected chi connectivity index (χ0v) is 22.7. The number of hydrogen-bond donors (Lipinski definition) is 2. The monoisotopic (exact) mass is 521 g/mol. The van der Waals surface area contributed by atoms with Crippen molar-refractivity contribution in [1.82, 2.24) is 15.2 Å². The number of hydrogen-bond acceptors (Lipinski definition) is 6. The van der Waals surface area contributed by atoms with E-state index in [4.69, 9.17) is 10.5 Å². The van der Waals surface area contributed by atoms with Crippen LogP contribution in [0.3, 0.4) is 0 Å². The van der Waals surface area contributed by atoms with Crippen molar-refractivity contribution < 1.29 is 19.1 Å². The molecule has 1 unspecified atom stereocenters. The molecule has 1 saturated heterocycles. The number of piperidine rings is 1. The van der Waals surface area contributed by atoms with Crippen molar-refractivity contribution in [3.8, 4) is 0 Å². The summed E-state index contributed by atoms with van der Waals surface area (Å²) in [5.41, 5.74) is 7.57. The van der Waals surface area contributed by atoms with Crippen molar-refractivity contribution in [2.45, 2.75) is 52.3 Å². The van der Waals surface area contributed by atoms with Gasteiger partial charge in [0.2, 0.25) is 11.8 Å². The summed E-state index contributed by atoms with van der Waals surface area (Å²) in [6.45, 7) is 6.44. The molecule has 3 N–H and O–H groups in total. The Morgan fingerprint density at radius 2 is 1.68 bits per heavy atom. The summed E-state index contributed by atoms with van der Waals surface area (Å²) < 4.78 is 5.82. The fourth-order valence-electron chi connectivity index (χ4n) is 4.78. The minimum absolute atomic E-state index is 0.0107. The molecule has 0 saturated carbocycles. The van der Waals surface area contributed by atoms with E-state index in [1.165, 1.54) is 5.01 Å². The summed E-state index contributed by atoms with van der Waals surface area (Å²) in [5, 5.41) is 8.62. The van der Waals surface area contributed by atoms with Crippen LogP contribution < -0.4 is 11.1 Å². The zero-order valence-electron chi connectivity index (χ0n) is 22.7. The average Bonchev–Trinajstić information content (AvgIpc) is 3.18. The third-order valence-corrected chi connectivity index (χ3v) is 6.69. The highest BCUT2D eigenvalue weighted by Gasteiger charge is 2.53. The van der Waals surface area contributed by atoms with E-state index < -0.39 is 23.4 Å². The van der Waals surface area contributed by atoms with E-state index in [2.05, 4.69) is 10.4 Å². The van der Waals surface area contributed by atoms with E-state index in [9.17, 15) is 14.4 Å². The Balaban J connectivity index is 0.00000195. The molecule has 0 radical (unpaired) electrons. The van der Waals surface area contributed by atoms with E-state index >= 15 is 0 Å². The number of benzene rings is 2. The molecule has 3 atom stereocenters. The van der Waals surface area contributed by atoms with Crippen molar-refractivity contribution in [3.05, 3.63) is 71.8 Å². The van der Waals surface area contributed by atoms with Gasteiger partial charge in [-0.15, -0.1) is 0 Å². The summed E-state index contributed by atoms with van der Waals surface area (Å²) in [6.07, 6.45) is 0.925. The Labute approximate surface area is 225 Å². The summed E-state index contributed by atoms with van der Waals surface area (Å²) in [6, 6.07) is 17.6. The Bertz CT molecular complexity index is 1120. The minimum Gasteiger partial charge on any atom is -0.374 e. The van der Waals surface area contributed by atoms with Gasteiger partial charge in [-0.2, -0.15) is 5.10 Å². The highest BCUT2D eigenvalue weighted by atomic mass is 16.5. The van der Waals surface area contributed by atoms with Crippen LogP contribution in [0.15, 0.2) is 65.8 Å². The maximum absolute atomic E-state index is 13.7. The lowest BCUT2D eigenvalue weighted by Gasteiger charge is -2.40. The number of fused-ring (bicyclic) bond motifs is 1. The molecule has 0 spiro atoms. The van der Waals surface area contributed by atoms with Crippen LogP contribution in [0.1, 0.15) is 38.3 Å². The van der Waals surface area contributed by atoms with Crippen LogP contribution in [0, 0.1) is 5.41 Å². The third-order valence-electron chi connectivity index (χ3n) is 6.69. The first-order chi connectivity index (χ1) is 18.3. The maximum Gasteiger partial charge on any atom is 0.256 e. The van der Waals surface area contributed by atoms with Crippen LogP contribution in [0.4, 0.5) is 0 Å². The normalized spacial score (nSPS) is 20.0. The molecule has 0 aliphatic carbocycles. The molecule has 2 heterocycles. The van der Waals surface area contributed by atoms with Gasteiger partial charge in [0.1, 0.15) is 11.5 Å². The fraction of sp³-hybridized carbons (Fsp3) is 0.448. The lowest BCUT2D eigenvalue weighted by atomic mass is 9.73. The van der Waals surface area contributed by atoms with E-state index in [1.807, 2.05) is 74.5 Å². The van der Waals surface area contributed by atoms with Gasteiger partial charge in [-0.1, -0.05) is 74.5 Å². The van der Waals surface area contributed by atoms with Gasteiger partial charge in [0.05, 0.1) is 25.0 Å². The molecule has 0 aromatic heterocycles. The molecule has 9 nitrogen and oxygen atoms in total. The van der Waals surface area contributed by atoms with Crippen LogP contribution in [-0.2, 0) is 32.1 Å². The number of hydrazone groups is 1. The van der Waals surface area contributed by atoms with Gasteiger partial charge in [0, 0.05) is 26.6 Å². The smallest absolute Gasteiger partial charge is 0.256 e. The maximum atomic E-state index is 13.7. The van der Waals surface area contributed by atoms with Crippen LogP contribution in [-0.4, -0.2) is 72.2 Å². The molecular weight excluding hydrogens is 482 g/mol. The van der Waals surface area contributed by atoms with Gasteiger partial charge in [0.25, 0.3) is 5.91 Å². The summed E-state index contributed by atoms with van der Waals surface area (Å²) in [4.78, 5) is 41.1. The Hall–Kier alpha value is -3.56. The molecule has 2 aliphatic heterocycles. The first-order valence-electron chi connectivity index (χ1n) is 13.2. The molecule has 4 rings (SSSR count). The van der Waals surface area contributed by atoms with Gasteiger partial charge in [-0.25, -0.2) is 5.01 Å².